The molecule has 156 valence electrons. The number of aldehydes is 1. The van der Waals surface area contributed by atoms with E-state index in [1.54, 1.807) is 17.3 Å². The fourth-order valence-electron chi connectivity index (χ4n) is 3.22. The minimum absolute atomic E-state index is 0.0591. The van der Waals surface area contributed by atoms with Gasteiger partial charge in [-0.15, -0.1) is 0 Å². The van der Waals surface area contributed by atoms with Crippen LogP contribution in [0.2, 0.25) is 0 Å². The van der Waals surface area contributed by atoms with Gasteiger partial charge in [0.25, 0.3) is 0 Å². The molecule has 0 saturated heterocycles. The number of hydrogen-bond donors (Lipinski definition) is 1. The molecule has 1 amide bonds. The average Bonchev–Trinajstić information content (AvgIpc) is 2.71. The molecule has 0 aliphatic heterocycles. The number of aromatic nitrogens is 1. The lowest BCUT2D eigenvalue weighted by Crippen LogP contribution is -2.45. The van der Waals surface area contributed by atoms with Gasteiger partial charge in [-0.2, -0.15) is 0 Å². The normalized spacial score (nSPS) is 12.3. The summed E-state index contributed by atoms with van der Waals surface area (Å²) in [6.07, 6.45) is 4.17. The first-order valence-corrected chi connectivity index (χ1v) is 9.90. The number of nitrogens with zero attached hydrogens (tertiary/aromatic N) is 3. The first-order chi connectivity index (χ1) is 13.8. The molecule has 1 unspecified atom stereocenters. The smallest absolute Gasteiger partial charge is 0.250 e. The fourth-order valence-corrected chi connectivity index (χ4v) is 3.22. The third-order valence-corrected chi connectivity index (χ3v) is 5.00. The second kappa shape index (κ2) is 10.2. The van der Waals surface area contributed by atoms with Gasteiger partial charge in [0, 0.05) is 43.8 Å². The van der Waals surface area contributed by atoms with E-state index in [0.717, 1.165) is 17.5 Å². The summed E-state index contributed by atoms with van der Waals surface area (Å²) in [5.74, 6) is -0.122. The molecule has 0 fully saturated rings. The molecule has 1 aromatic carbocycles. The fraction of sp³-hybridized carbons (Fsp3) is 0.435. The van der Waals surface area contributed by atoms with E-state index in [4.69, 9.17) is 0 Å². The second-order valence-electron chi connectivity index (χ2n) is 8.15. The minimum Gasteiger partial charge on any atom is -0.359 e. The molecule has 0 bridgehead atoms. The van der Waals surface area contributed by atoms with Crippen LogP contribution in [0.5, 0.6) is 0 Å². The zero-order chi connectivity index (χ0) is 21.4. The number of hydrogen-bond acceptors (Lipinski definition) is 5. The van der Waals surface area contributed by atoms with Crippen LogP contribution >= 0.6 is 0 Å². The van der Waals surface area contributed by atoms with Crippen molar-refractivity contribution in [3.63, 3.8) is 0 Å². The van der Waals surface area contributed by atoms with Gasteiger partial charge in [0.05, 0.1) is 6.54 Å². The van der Waals surface area contributed by atoms with Crippen LogP contribution in [0.1, 0.15) is 37.9 Å². The van der Waals surface area contributed by atoms with Crippen molar-refractivity contribution in [3.05, 3.63) is 59.9 Å². The number of nitrogens with one attached hydrogen (secondary N) is 1. The molecule has 1 atom stereocenters. The molecular formula is C23H32N4O2. The van der Waals surface area contributed by atoms with Crippen molar-refractivity contribution in [3.8, 4) is 0 Å². The number of amides is 1. The van der Waals surface area contributed by atoms with E-state index in [0.29, 0.717) is 13.1 Å². The van der Waals surface area contributed by atoms with Crippen molar-refractivity contribution >= 4 is 17.9 Å². The Morgan fingerprint density at radius 3 is 2.41 bits per heavy atom. The summed E-state index contributed by atoms with van der Waals surface area (Å²) < 4.78 is 0. The van der Waals surface area contributed by atoms with Crippen molar-refractivity contribution in [2.75, 3.05) is 38.6 Å². The Hall–Kier alpha value is -2.73. The number of benzene rings is 1. The van der Waals surface area contributed by atoms with E-state index < -0.39 is 6.04 Å². The maximum Gasteiger partial charge on any atom is 0.250 e. The number of carbonyl (C=O) groups is 2. The van der Waals surface area contributed by atoms with Crippen molar-refractivity contribution < 1.29 is 9.59 Å². The number of rotatable bonds is 9. The van der Waals surface area contributed by atoms with Crippen molar-refractivity contribution in [2.24, 2.45) is 0 Å². The van der Waals surface area contributed by atoms with Crippen LogP contribution in [0.25, 0.3) is 0 Å². The predicted molar refractivity (Wildman–Crippen MR) is 117 cm³/mol. The van der Waals surface area contributed by atoms with Gasteiger partial charge in [0.15, 0.2) is 0 Å². The second-order valence-corrected chi connectivity index (χ2v) is 8.15. The summed E-state index contributed by atoms with van der Waals surface area (Å²) in [4.78, 5) is 32.4. The molecule has 2 aromatic rings. The molecule has 1 N–H and O–H groups in total. The van der Waals surface area contributed by atoms with E-state index in [-0.39, 0.29) is 17.9 Å². The highest BCUT2D eigenvalue weighted by molar-refractivity contribution is 5.88. The zero-order valence-corrected chi connectivity index (χ0v) is 18.1. The number of likely N-dealkylation sites (N-methyl/N-ethyl adjacent to an activating group) is 2. The highest BCUT2D eigenvalue weighted by Gasteiger charge is 2.30. The van der Waals surface area contributed by atoms with Crippen LogP contribution in [0.3, 0.4) is 0 Å². The summed E-state index contributed by atoms with van der Waals surface area (Å²) in [6, 6.07) is 11.4. The van der Waals surface area contributed by atoms with E-state index in [2.05, 4.69) is 43.2 Å². The van der Waals surface area contributed by atoms with Crippen LogP contribution in [-0.2, 0) is 15.0 Å². The molecule has 0 spiro atoms. The lowest BCUT2D eigenvalue weighted by Gasteiger charge is -2.33. The van der Waals surface area contributed by atoms with Gasteiger partial charge >= 0.3 is 0 Å². The van der Waals surface area contributed by atoms with Crippen molar-refractivity contribution in [1.82, 2.24) is 15.2 Å². The minimum atomic E-state index is -0.569. The zero-order valence-electron chi connectivity index (χ0n) is 18.1. The molecule has 2 rings (SSSR count). The Labute approximate surface area is 173 Å². The van der Waals surface area contributed by atoms with Gasteiger partial charge in [-0.05, 0) is 36.2 Å². The molecule has 0 saturated carbocycles. The quantitative estimate of drug-likeness (QED) is 0.660. The third kappa shape index (κ3) is 5.87. The van der Waals surface area contributed by atoms with Gasteiger partial charge in [-0.25, -0.2) is 0 Å². The van der Waals surface area contributed by atoms with E-state index in [1.165, 1.54) is 5.56 Å². The molecule has 0 aliphatic carbocycles. The first-order valence-electron chi connectivity index (χ1n) is 9.90. The van der Waals surface area contributed by atoms with Gasteiger partial charge in [0.2, 0.25) is 5.91 Å². The SMILES string of the molecule is CNCCN(CC=O)C(=O)C(c1cccnc1)N(C)c1ccc(C(C)(C)C)cc1. The van der Waals surface area contributed by atoms with Crippen LogP contribution in [0.15, 0.2) is 48.8 Å². The molecule has 6 heteroatoms. The lowest BCUT2D eigenvalue weighted by atomic mass is 9.87. The van der Waals surface area contributed by atoms with Crippen LogP contribution in [-0.4, -0.2) is 55.8 Å². The molecule has 0 aliphatic rings. The van der Waals surface area contributed by atoms with E-state index in [1.807, 2.05) is 43.3 Å². The van der Waals surface area contributed by atoms with Crippen LogP contribution in [0.4, 0.5) is 5.69 Å². The Morgan fingerprint density at radius 2 is 1.90 bits per heavy atom. The topological polar surface area (TPSA) is 65.5 Å². The van der Waals surface area contributed by atoms with Gasteiger partial charge < -0.3 is 19.9 Å². The lowest BCUT2D eigenvalue weighted by molar-refractivity contribution is -0.134. The Morgan fingerprint density at radius 1 is 1.21 bits per heavy atom. The molecule has 29 heavy (non-hydrogen) atoms. The summed E-state index contributed by atoms with van der Waals surface area (Å²) >= 11 is 0. The van der Waals surface area contributed by atoms with Crippen molar-refractivity contribution in [2.45, 2.75) is 32.2 Å². The summed E-state index contributed by atoms with van der Waals surface area (Å²) in [6.45, 7) is 7.66. The maximum atomic E-state index is 13.5. The monoisotopic (exact) mass is 396 g/mol. The van der Waals surface area contributed by atoms with Gasteiger partial charge in [-0.3, -0.25) is 9.78 Å². The van der Waals surface area contributed by atoms with Crippen LogP contribution in [0, 0.1) is 0 Å². The number of carbonyl (C=O) groups excluding carboxylic acids is 2. The highest BCUT2D eigenvalue weighted by Crippen LogP contribution is 2.30. The largest absolute Gasteiger partial charge is 0.359 e. The average molecular weight is 397 g/mol. The van der Waals surface area contributed by atoms with E-state index >= 15 is 0 Å². The van der Waals surface area contributed by atoms with Gasteiger partial charge in [0.1, 0.15) is 12.3 Å². The van der Waals surface area contributed by atoms with Gasteiger partial charge in [-0.1, -0.05) is 39.0 Å². The summed E-state index contributed by atoms with van der Waals surface area (Å²) in [7, 11) is 3.73. The number of pyridine rings is 1. The molecule has 1 heterocycles. The standard InChI is InChI=1S/C23H32N4O2/c1-23(2,3)19-8-10-20(11-9-19)26(5)21(18-7-6-12-25-17-18)22(29)27(15-16-28)14-13-24-4/h6-12,16-17,21,24H,13-15H2,1-5H3. The Balaban J connectivity index is 2.39. The molecule has 0 radical (unpaired) electrons. The van der Waals surface area contributed by atoms with Crippen LogP contribution < -0.4 is 10.2 Å². The summed E-state index contributed by atoms with van der Waals surface area (Å²) in [5.41, 5.74) is 3.01. The Kier molecular flexibility index (Phi) is 7.91. The molecular weight excluding hydrogens is 364 g/mol. The maximum absolute atomic E-state index is 13.5. The van der Waals surface area contributed by atoms with E-state index in [9.17, 15) is 9.59 Å². The third-order valence-electron chi connectivity index (χ3n) is 5.00. The molecule has 1 aromatic heterocycles. The predicted octanol–water partition coefficient (Wildman–Crippen LogP) is 2.80. The Bertz CT molecular complexity index is 785. The highest BCUT2D eigenvalue weighted by atomic mass is 16.2. The molecule has 6 nitrogen and oxygen atoms in total. The van der Waals surface area contributed by atoms with Crippen molar-refractivity contribution in [1.29, 1.82) is 0 Å². The summed E-state index contributed by atoms with van der Waals surface area (Å²) in [5, 5.41) is 3.04. The number of anilines is 1. The first kappa shape index (κ1) is 22.6.